The Labute approximate surface area is 178 Å². The van der Waals surface area contributed by atoms with Gasteiger partial charge >= 0.3 is 0 Å². The molecule has 0 fully saturated rings. The topological polar surface area (TPSA) is 38.4 Å². The first-order valence-corrected chi connectivity index (χ1v) is 11.2. The molecule has 1 aliphatic rings. The van der Waals surface area contributed by atoms with Crippen molar-refractivity contribution in [3.8, 4) is 5.75 Å². The fraction of sp³-hybridized carbons (Fsp3) is 0.273. The molecular formula is C22H24N3O2S2+. The second-order valence-corrected chi connectivity index (χ2v) is 8.74. The Morgan fingerprint density at radius 1 is 1.21 bits per heavy atom. The Balaban J connectivity index is 1.91. The van der Waals surface area contributed by atoms with Crippen LogP contribution in [0.15, 0.2) is 52.3 Å². The number of nitrogens with zero attached hydrogens (tertiary/aromatic N) is 3. The van der Waals surface area contributed by atoms with Gasteiger partial charge in [-0.05, 0) is 32.0 Å². The van der Waals surface area contributed by atoms with Gasteiger partial charge < -0.3 is 9.64 Å². The minimum absolute atomic E-state index is 0.0665. The van der Waals surface area contributed by atoms with Crippen LogP contribution in [0.25, 0.3) is 11.1 Å². The maximum Gasteiger partial charge on any atom is 0.271 e. The van der Waals surface area contributed by atoms with Crippen LogP contribution in [0.1, 0.15) is 19.5 Å². The van der Waals surface area contributed by atoms with Gasteiger partial charge in [-0.1, -0.05) is 11.8 Å². The Morgan fingerprint density at radius 3 is 2.76 bits per heavy atom. The molecule has 0 aliphatic carbocycles. The lowest BCUT2D eigenvalue weighted by molar-refractivity contribution is -0.695. The van der Waals surface area contributed by atoms with E-state index in [-0.39, 0.29) is 5.56 Å². The van der Waals surface area contributed by atoms with Crippen molar-refractivity contribution in [3.05, 3.63) is 67.8 Å². The lowest BCUT2D eigenvalue weighted by Crippen LogP contribution is -2.36. The summed E-state index contributed by atoms with van der Waals surface area (Å²) in [4.78, 5) is 16.5. The predicted molar refractivity (Wildman–Crippen MR) is 120 cm³/mol. The van der Waals surface area contributed by atoms with Gasteiger partial charge in [0.1, 0.15) is 26.5 Å². The van der Waals surface area contributed by atoms with Gasteiger partial charge in [-0.25, -0.2) is 0 Å². The second kappa shape index (κ2) is 8.08. The van der Waals surface area contributed by atoms with E-state index in [4.69, 9.17) is 4.74 Å². The highest BCUT2D eigenvalue weighted by Crippen LogP contribution is 2.46. The SMILES string of the molecule is CCn1c(=O)/c(=C2\Sc3ccc(OC)cc3N2C)s/c1=C\c1cccc[n+]1CC. The van der Waals surface area contributed by atoms with Crippen molar-refractivity contribution in [3.63, 3.8) is 0 Å². The highest BCUT2D eigenvalue weighted by molar-refractivity contribution is 8.08. The van der Waals surface area contributed by atoms with Crippen LogP contribution in [0.5, 0.6) is 5.75 Å². The third-order valence-electron chi connectivity index (χ3n) is 5.05. The summed E-state index contributed by atoms with van der Waals surface area (Å²) in [6.45, 7) is 5.66. The number of thioether (sulfide) groups is 1. The maximum atomic E-state index is 13.2. The van der Waals surface area contributed by atoms with E-state index in [0.717, 1.165) is 42.8 Å². The molecule has 3 aromatic rings. The summed E-state index contributed by atoms with van der Waals surface area (Å²) in [6.07, 6.45) is 4.17. The fourth-order valence-electron chi connectivity index (χ4n) is 3.46. The van der Waals surface area contributed by atoms with Gasteiger partial charge in [0, 0.05) is 42.8 Å². The van der Waals surface area contributed by atoms with Crippen molar-refractivity contribution in [2.75, 3.05) is 19.1 Å². The lowest BCUT2D eigenvalue weighted by Gasteiger charge is -2.13. The maximum absolute atomic E-state index is 13.2. The minimum Gasteiger partial charge on any atom is -0.497 e. The van der Waals surface area contributed by atoms with Gasteiger partial charge in [0.25, 0.3) is 5.56 Å². The quantitative estimate of drug-likeness (QED) is 0.601. The molecule has 0 atom stereocenters. The Hall–Kier alpha value is -2.51. The molecule has 0 N–H and O–H groups in total. The van der Waals surface area contributed by atoms with Crippen LogP contribution in [0.2, 0.25) is 0 Å². The number of benzene rings is 1. The van der Waals surface area contributed by atoms with Crippen LogP contribution >= 0.6 is 23.1 Å². The van der Waals surface area contributed by atoms with E-state index in [1.165, 1.54) is 0 Å². The Morgan fingerprint density at radius 2 is 2.03 bits per heavy atom. The van der Waals surface area contributed by atoms with Crippen LogP contribution in [0.3, 0.4) is 0 Å². The van der Waals surface area contributed by atoms with Crippen LogP contribution in [0, 0.1) is 0 Å². The smallest absolute Gasteiger partial charge is 0.271 e. The number of fused-ring (bicyclic) bond motifs is 1. The summed E-state index contributed by atoms with van der Waals surface area (Å²) in [5.74, 6) is 0.816. The molecule has 0 saturated carbocycles. The molecular weight excluding hydrogens is 402 g/mol. The number of pyridine rings is 1. The molecule has 0 unspecified atom stereocenters. The number of rotatable bonds is 4. The summed E-state index contributed by atoms with van der Waals surface area (Å²) in [7, 11) is 3.68. The second-order valence-electron chi connectivity index (χ2n) is 6.67. The van der Waals surface area contributed by atoms with Crippen molar-refractivity contribution in [2.24, 2.45) is 0 Å². The van der Waals surface area contributed by atoms with Gasteiger partial charge in [-0.2, -0.15) is 4.57 Å². The molecule has 2 aromatic heterocycles. The van der Waals surface area contributed by atoms with Crippen LogP contribution < -0.4 is 29.0 Å². The van der Waals surface area contributed by atoms with E-state index in [1.807, 2.05) is 42.8 Å². The molecule has 150 valence electrons. The summed E-state index contributed by atoms with van der Waals surface area (Å²) >= 11 is 3.20. The van der Waals surface area contributed by atoms with Crippen molar-refractivity contribution < 1.29 is 9.30 Å². The van der Waals surface area contributed by atoms with Gasteiger partial charge in [-0.3, -0.25) is 9.36 Å². The zero-order valence-corrected chi connectivity index (χ0v) is 18.6. The standard InChI is InChI=1S/C22H24N3O2S2/c1-5-24-12-8-7-9-15(24)13-19-25(6-2)21(26)20(29-19)22-23(3)17-14-16(27-4)10-11-18(17)28-22/h7-14H,5-6H2,1-4H3/q+1/b22-20+. The summed E-state index contributed by atoms with van der Waals surface area (Å²) < 4.78 is 11.1. The summed E-state index contributed by atoms with van der Waals surface area (Å²) in [5, 5.41) is 0.974. The molecule has 0 bridgehead atoms. The molecule has 1 aromatic carbocycles. The number of aryl methyl sites for hydroxylation is 1. The van der Waals surface area contributed by atoms with E-state index < -0.39 is 0 Å². The number of aromatic nitrogens is 2. The molecule has 5 nitrogen and oxygen atoms in total. The van der Waals surface area contributed by atoms with Gasteiger partial charge in [-0.15, -0.1) is 11.3 Å². The average Bonchev–Trinajstić information content (AvgIpc) is 3.24. The minimum atomic E-state index is 0.0665. The van der Waals surface area contributed by atoms with Gasteiger partial charge in [0.2, 0.25) is 5.69 Å². The predicted octanol–water partition coefficient (Wildman–Crippen LogP) is 2.38. The number of anilines is 1. The number of hydrogen-bond acceptors (Lipinski definition) is 5. The fourth-order valence-corrected chi connectivity index (χ4v) is 5.90. The lowest BCUT2D eigenvalue weighted by atomic mass is 10.3. The number of thiazole rings is 1. The molecule has 29 heavy (non-hydrogen) atoms. The van der Waals surface area contributed by atoms with Crippen molar-refractivity contribution in [1.29, 1.82) is 0 Å². The van der Waals surface area contributed by atoms with Crippen molar-refractivity contribution in [2.45, 2.75) is 31.8 Å². The monoisotopic (exact) mass is 426 g/mol. The molecule has 0 spiro atoms. The molecule has 0 saturated heterocycles. The van der Waals surface area contributed by atoms with Gasteiger partial charge in [0.15, 0.2) is 6.20 Å². The Bertz CT molecular complexity index is 1240. The molecule has 0 amide bonds. The molecule has 3 heterocycles. The van der Waals surface area contributed by atoms with E-state index in [1.54, 1.807) is 30.2 Å². The number of methoxy groups -OCH3 is 1. The summed E-state index contributed by atoms with van der Waals surface area (Å²) in [5.41, 5.74) is 2.23. The first-order chi connectivity index (χ1) is 14.1. The van der Waals surface area contributed by atoms with Crippen molar-refractivity contribution in [1.82, 2.24) is 4.57 Å². The number of ether oxygens (including phenoxy) is 1. The first kappa shape index (κ1) is 19.8. The summed E-state index contributed by atoms with van der Waals surface area (Å²) in [6, 6.07) is 12.2. The third-order valence-corrected chi connectivity index (χ3v) is 7.53. The van der Waals surface area contributed by atoms with E-state index in [2.05, 4.69) is 40.8 Å². The third kappa shape index (κ3) is 3.49. The van der Waals surface area contributed by atoms with Crippen molar-refractivity contribution >= 4 is 39.9 Å². The molecule has 1 aliphatic heterocycles. The van der Waals surface area contributed by atoms with E-state index in [0.29, 0.717) is 6.54 Å². The van der Waals surface area contributed by atoms with E-state index >= 15 is 0 Å². The van der Waals surface area contributed by atoms with Crippen LogP contribution in [-0.4, -0.2) is 18.7 Å². The zero-order chi connectivity index (χ0) is 20.5. The zero-order valence-electron chi connectivity index (χ0n) is 17.0. The normalized spacial score (nSPS) is 15.7. The first-order valence-electron chi connectivity index (χ1n) is 9.61. The highest BCUT2D eigenvalue weighted by atomic mass is 32.2. The van der Waals surface area contributed by atoms with Gasteiger partial charge in [0.05, 0.1) is 12.8 Å². The average molecular weight is 427 g/mol. The molecule has 0 radical (unpaired) electrons. The van der Waals surface area contributed by atoms with E-state index in [9.17, 15) is 4.79 Å². The molecule has 4 rings (SSSR count). The van der Waals surface area contributed by atoms with Crippen LogP contribution in [0.4, 0.5) is 5.69 Å². The molecule has 7 heteroatoms. The highest BCUT2D eigenvalue weighted by Gasteiger charge is 2.25. The largest absolute Gasteiger partial charge is 0.497 e. The number of hydrogen-bond donors (Lipinski definition) is 0. The van der Waals surface area contributed by atoms with Crippen LogP contribution in [-0.2, 0) is 13.1 Å². The Kier molecular flexibility index (Phi) is 5.52.